The van der Waals surface area contributed by atoms with Crippen LogP contribution in [0.4, 0.5) is 4.79 Å². The molecule has 0 aromatic heterocycles. The van der Waals surface area contributed by atoms with E-state index in [1.807, 2.05) is 24.3 Å². The summed E-state index contributed by atoms with van der Waals surface area (Å²) >= 11 is 0. The van der Waals surface area contributed by atoms with E-state index < -0.39 is 11.6 Å². The van der Waals surface area contributed by atoms with Crippen molar-refractivity contribution >= 4 is 12.0 Å². The lowest BCUT2D eigenvalue weighted by atomic mass is 9.97. The Bertz CT molecular complexity index is 732. The molecule has 6 nitrogen and oxygen atoms in total. The van der Waals surface area contributed by atoms with Crippen LogP contribution in [0.5, 0.6) is 0 Å². The highest BCUT2D eigenvalue weighted by Crippen LogP contribution is 2.19. The second kappa shape index (κ2) is 7.81. The molecule has 2 aromatic carbocycles. The first-order valence-corrected chi connectivity index (χ1v) is 7.91. The van der Waals surface area contributed by atoms with E-state index in [0.717, 1.165) is 16.7 Å². The minimum atomic E-state index is -0.979. The zero-order valence-electron chi connectivity index (χ0n) is 14.2. The predicted molar refractivity (Wildman–Crippen MR) is 94.2 cm³/mol. The third-order valence-corrected chi connectivity index (χ3v) is 3.77. The van der Waals surface area contributed by atoms with Crippen molar-refractivity contribution < 1.29 is 19.8 Å². The Morgan fingerprint density at radius 1 is 0.880 bits per heavy atom. The van der Waals surface area contributed by atoms with Gasteiger partial charge in [0.2, 0.25) is 0 Å². The number of carboxylic acid groups (broad SMARTS) is 1. The van der Waals surface area contributed by atoms with Crippen molar-refractivity contribution in [2.45, 2.75) is 32.5 Å². The van der Waals surface area contributed by atoms with Gasteiger partial charge in [-0.25, -0.2) is 9.59 Å². The number of aliphatic hydroxyl groups is 1. The number of carbonyl (C=O) groups is 2. The van der Waals surface area contributed by atoms with Crippen LogP contribution in [0.15, 0.2) is 48.5 Å². The highest BCUT2D eigenvalue weighted by atomic mass is 16.4. The van der Waals surface area contributed by atoms with Crippen LogP contribution in [0.3, 0.4) is 0 Å². The first kappa shape index (κ1) is 18.5. The molecule has 0 atom stereocenters. The number of hydrogen-bond acceptors (Lipinski definition) is 3. The summed E-state index contributed by atoms with van der Waals surface area (Å²) in [4.78, 5) is 22.6. The molecule has 2 amide bonds. The smallest absolute Gasteiger partial charge is 0.335 e. The number of rotatable bonds is 6. The summed E-state index contributed by atoms with van der Waals surface area (Å²) in [6, 6.07) is 13.4. The fourth-order valence-corrected chi connectivity index (χ4v) is 2.22. The molecular formula is C19H22N2O4. The molecule has 2 rings (SSSR count). The molecule has 0 fully saturated rings. The molecule has 2 aromatic rings. The average molecular weight is 342 g/mol. The van der Waals surface area contributed by atoms with Crippen molar-refractivity contribution in [3.63, 3.8) is 0 Å². The maximum absolute atomic E-state index is 11.8. The zero-order chi connectivity index (χ0) is 18.4. The molecule has 132 valence electrons. The minimum absolute atomic E-state index is 0.211. The molecule has 0 bridgehead atoms. The second-order valence-corrected chi connectivity index (χ2v) is 6.29. The standard InChI is InChI=1S/C19H22N2O4/c1-19(2,25)16-9-5-14(6-10-16)12-21-18(24)20-11-13-3-7-15(8-4-13)17(22)23/h3-10,25H,11-12H2,1-2H3,(H,22,23)(H2,20,21,24). The van der Waals surface area contributed by atoms with Crippen LogP contribution < -0.4 is 10.6 Å². The van der Waals surface area contributed by atoms with Gasteiger partial charge < -0.3 is 20.8 Å². The fourth-order valence-electron chi connectivity index (χ4n) is 2.22. The molecular weight excluding hydrogens is 320 g/mol. The Morgan fingerprint density at radius 2 is 1.32 bits per heavy atom. The molecule has 0 spiro atoms. The molecule has 0 saturated heterocycles. The molecule has 0 radical (unpaired) electrons. The van der Waals surface area contributed by atoms with Crippen LogP contribution in [-0.4, -0.2) is 22.2 Å². The average Bonchev–Trinajstić information content (AvgIpc) is 2.58. The largest absolute Gasteiger partial charge is 0.478 e. The maximum atomic E-state index is 11.8. The van der Waals surface area contributed by atoms with Crippen molar-refractivity contribution in [3.8, 4) is 0 Å². The first-order valence-electron chi connectivity index (χ1n) is 7.91. The molecule has 0 aliphatic carbocycles. The van der Waals surface area contributed by atoms with Crippen molar-refractivity contribution in [2.24, 2.45) is 0 Å². The normalized spacial score (nSPS) is 11.0. The highest BCUT2D eigenvalue weighted by molar-refractivity contribution is 5.87. The van der Waals surface area contributed by atoms with Gasteiger partial charge in [-0.15, -0.1) is 0 Å². The van der Waals surface area contributed by atoms with E-state index in [2.05, 4.69) is 10.6 Å². The molecule has 0 heterocycles. The maximum Gasteiger partial charge on any atom is 0.335 e. The Hall–Kier alpha value is -2.86. The monoisotopic (exact) mass is 342 g/mol. The summed E-state index contributed by atoms with van der Waals surface area (Å²) in [6.07, 6.45) is 0. The first-order chi connectivity index (χ1) is 11.8. The molecule has 0 unspecified atom stereocenters. The third kappa shape index (κ3) is 5.61. The van der Waals surface area contributed by atoms with Gasteiger partial charge in [0, 0.05) is 13.1 Å². The number of amides is 2. The van der Waals surface area contributed by atoms with E-state index in [-0.39, 0.29) is 11.6 Å². The van der Waals surface area contributed by atoms with Gasteiger partial charge in [-0.2, -0.15) is 0 Å². The fraction of sp³-hybridized carbons (Fsp3) is 0.263. The van der Waals surface area contributed by atoms with E-state index in [1.165, 1.54) is 12.1 Å². The van der Waals surface area contributed by atoms with E-state index in [9.17, 15) is 14.7 Å². The summed E-state index contributed by atoms with van der Waals surface area (Å²) in [7, 11) is 0. The molecule has 6 heteroatoms. The quantitative estimate of drug-likeness (QED) is 0.648. The zero-order valence-corrected chi connectivity index (χ0v) is 14.2. The third-order valence-electron chi connectivity index (χ3n) is 3.77. The van der Waals surface area contributed by atoms with Crippen LogP contribution in [0.2, 0.25) is 0 Å². The van der Waals surface area contributed by atoms with Gasteiger partial charge >= 0.3 is 12.0 Å². The number of carbonyl (C=O) groups excluding carboxylic acids is 1. The van der Waals surface area contributed by atoms with Crippen LogP contribution in [0.1, 0.15) is 40.9 Å². The minimum Gasteiger partial charge on any atom is -0.478 e. The molecule has 0 saturated carbocycles. The van der Waals surface area contributed by atoms with Gasteiger partial charge in [0.25, 0.3) is 0 Å². The van der Waals surface area contributed by atoms with Crippen molar-refractivity contribution in [2.75, 3.05) is 0 Å². The Kier molecular flexibility index (Phi) is 5.77. The second-order valence-electron chi connectivity index (χ2n) is 6.29. The topological polar surface area (TPSA) is 98.7 Å². The summed E-state index contributed by atoms with van der Waals surface area (Å²) in [5.74, 6) is -0.979. The van der Waals surface area contributed by atoms with E-state index in [4.69, 9.17) is 5.11 Å². The van der Waals surface area contributed by atoms with Crippen molar-refractivity contribution in [1.82, 2.24) is 10.6 Å². The lowest BCUT2D eigenvalue weighted by Gasteiger charge is -2.18. The Balaban J connectivity index is 1.79. The lowest BCUT2D eigenvalue weighted by molar-refractivity contribution is 0.0696. The van der Waals surface area contributed by atoms with Crippen LogP contribution in [0, 0.1) is 0 Å². The van der Waals surface area contributed by atoms with Crippen LogP contribution in [0.25, 0.3) is 0 Å². The van der Waals surface area contributed by atoms with Crippen molar-refractivity contribution in [1.29, 1.82) is 0 Å². The Labute approximate surface area is 146 Å². The van der Waals surface area contributed by atoms with E-state index in [0.29, 0.717) is 13.1 Å². The predicted octanol–water partition coefficient (Wildman–Crippen LogP) is 2.61. The molecule has 0 aliphatic heterocycles. The summed E-state index contributed by atoms with van der Waals surface area (Å²) in [6.45, 7) is 4.12. The SMILES string of the molecule is CC(C)(O)c1ccc(CNC(=O)NCc2ccc(C(=O)O)cc2)cc1. The molecule has 25 heavy (non-hydrogen) atoms. The van der Waals surface area contributed by atoms with Crippen molar-refractivity contribution in [3.05, 3.63) is 70.8 Å². The molecule has 4 N–H and O–H groups in total. The number of nitrogens with one attached hydrogen (secondary N) is 2. The van der Waals surface area contributed by atoms with E-state index in [1.54, 1.807) is 26.0 Å². The lowest BCUT2D eigenvalue weighted by Crippen LogP contribution is -2.34. The van der Waals surface area contributed by atoms with Gasteiger partial charge in [-0.05, 0) is 42.7 Å². The van der Waals surface area contributed by atoms with Gasteiger partial charge in [0.05, 0.1) is 11.2 Å². The Morgan fingerprint density at radius 3 is 1.72 bits per heavy atom. The summed E-state index contributed by atoms with van der Waals surface area (Å²) < 4.78 is 0. The number of aromatic carboxylic acids is 1. The van der Waals surface area contributed by atoms with E-state index >= 15 is 0 Å². The summed E-state index contributed by atoms with van der Waals surface area (Å²) in [5, 5.41) is 24.2. The molecule has 0 aliphatic rings. The van der Waals surface area contributed by atoms with Gasteiger partial charge in [0.15, 0.2) is 0 Å². The number of urea groups is 1. The number of benzene rings is 2. The van der Waals surface area contributed by atoms with Crippen LogP contribution in [-0.2, 0) is 18.7 Å². The number of carboxylic acids is 1. The highest BCUT2D eigenvalue weighted by Gasteiger charge is 2.15. The van der Waals surface area contributed by atoms with Gasteiger partial charge in [-0.3, -0.25) is 0 Å². The number of hydrogen-bond donors (Lipinski definition) is 4. The van der Waals surface area contributed by atoms with Gasteiger partial charge in [-0.1, -0.05) is 36.4 Å². The van der Waals surface area contributed by atoms with Gasteiger partial charge in [0.1, 0.15) is 0 Å². The summed E-state index contributed by atoms with van der Waals surface area (Å²) in [5.41, 5.74) is 1.87. The van der Waals surface area contributed by atoms with Crippen LogP contribution >= 0.6 is 0 Å².